The number of rotatable bonds is 7. The van der Waals surface area contributed by atoms with Gasteiger partial charge in [0.2, 0.25) is 15.9 Å². The highest BCUT2D eigenvalue weighted by Crippen LogP contribution is 2.21. The van der Waals surface area contributed by atoms with Gasteiger partial charge in [-0.1, -0.05) is 35.9 Å². The summed E-state index contributed by atoms with van der Waals surface area (Å²) in [7, 11) is -3.66. The molecule has 3 rings (SSSR count). The van der Waals surface area contributed by atoms with E-state index in [4.69, 9.17) is 11.6 Å². The molecular formula is C20H21ClN4O3S. The number of sulfonamides is 1. The molecule has 1 aromatic heterocycles. The molecule has 0 aliphatic heterocycles. The first-order valence-corrected chi connectivity index (χ1v) is 11.1. The van der Waals surface area contributed by atoms with Crippen LogP contribution in [0.1, 0.15) is 11.4 Å². The Morgan fingerprint density at radius 1 is 1.21 bits per heavy atom. The van der Waals surface area contributed by atoms with Crippen molar-refractivity contribution in [2.75, 3.05) is 17.1 Å². The van der Waals surface area contributed by atoms with E-state index in [-0.39, 0.29) is 13.1 Å². The van der Waals surface area contributed by atoms with E-state index in [0.717, 1.165) is 27.6 Å². The van der Waals surface area contributed by atoms with E-state index in [9.17, 15) is 13.2 Å². The van der Waals surface area contributed by atoms with Gasteiger partial charge in [-0.3, -0.25) is 9.10 Å². The third-order valence-electron chi connectivity index (χ3n) is 4.34. The van der Waals surface area contributed by atoms with Crippen molar-refractivity contribution in [3.05, 3.63) is 77.3 Å². The summed E-state index contributed by atoms with van der Waals surface area (Å²) in [5.74, 6) is 0.403. The highest BCUT2D eigenvalue weighted by Gasteiger charge is 2.21. The summed E-state index contributed by atoms with van der Waals surface area (Å²) in [5.41, 5.74) is 2.12. The van der Waals surface area contributed by atoms with Crippen LogP contribution in [0.15, 0.2) is 60.9 Å². The molecule has 0 atom stereocenters. The molecule has 29 heavy (non-hydrogen) atoms. The number of hydrogen-bond acceptors (Lipinski definition) is 4. The van der Waals surface area contributed by atoms with Crippen LogP contribution in [0, 0.1) is 6.92 Å². The van der Waals surface area contributed by atoms with Crippen molar-refractivity contribution in [2.45, 2.75) is 13.5 Å². The Morgan fingerprint density at radius 3 is 2.62 bits per heavy atom. The van der Waals surface area contributed by atoms with Crippen LogP contribution >= 0.6 is 11.6 Å². The van der Waals surface area contributed by atoms with Gasteiger partial charge in [0.1, 0.15) is 12.4 Å². The van der Waals surface area contributed by atoms with Crippen LogP contribution in [0.5, 0.6) is 0 Å². The summed E-state index contributed by atoms with van der Waals surface area (Å²) >= 11 is 5.97. The van der Waals surface area contributed by atoms with Crippen LogP contribution in [-0.2, 0) is 21.4 Å². The Balaban J connectivity index is 1.75. The number of aromatic nitrogens is 2. The summed E-state index contributed by atoms with van der Waals surface area (Å²) in [6.07, 6.45) is 4.61. The number of para-hydroxylation sites is 1. The van der Waals surface area contributed by atoms with Crippen LogP contribution in [0.4, 0.5) is 5.69 Å². The molecule has 0 aliphatic rings. The van der Waals surface area contributed by atoms with Gasteiger partial charge in [0.05, 0.1) is 17.6 Å². The van der Waals surface area contributed by atoms with Crippen molar-refractivity contribution in [3.8, 4) is 5.69 Å². The first kappa shape index (κ1) is 20.9. The molecule has 0 unspecified atom stereocenters. The predicted octanol–water partition coefficient (Wildman–Crippen LogP) is 2.92. The number of carbonyl (C=O) groups is 1. The van der Waals surface area contributed by atoms with Gasteiger partial charge in [-0.05, 0) is 36.8 Å². The SMILES string of the molecule is Cc1nccn1-c1ccccc1CNC(=O)CN(c1cccc(Cl)c1)S(C)(=O)=O. The van der Waals surface area contributed by atoms with E-state index in [1.54, 1.807) is 24.4 Å². The second-order valence-electron chi connectivity index (χ2n) is 6.50. The lowest BCUT2D eigenvalue weighted by Gasteiger charge is -2.22. The zero-order chi connectivity index (χ0) is 21.0. The predicted molar refractivity (Wildman–Crippen MR) is 114 cm³/mol. The van der Waals surface area contributed by atoms with E-state index in [2.05, 4.69) is 10.3 Å². The molecule has 0 bridgehead atoms. The average molecular weight is 433 g/mol. The Bertz CT molecular complexity index is 1130. The molecule has 1 N–H and O–H groups in total. The number of benzene rings is 2. The quantitative estimate of drug-likeness (QED) is 0.622. The van der Waals surface area contributed by atoms with Crippen LogP contribution in [-0.4, -0.2) is 36.7 Å². The molecule has 7 nitrogen and oxygen atoms in total. The summed E-state index contributed by atoms with van der Waals surface area (Å²) in [4.78, 5) is 16.8. The molecule has 0 spiro atoms. The zero-order valence-electron chi connectivity index (χ0n) is 16.0. The van der Waals surface area contributed by atoms with Gasteiger partial charge in [-0.25, -0.2) is 13.4 Å². The fourth-order valence-electron chi connectivity index (χ4n) is 2.94. The number of amides is 1. The van der Waals surface area contributed by atoms with Gasteiger partial charge in [0, 0.05) is 24.0 Å². The maximum absolute atomic E-state index is 12.5. The minimum atomic E-state index is -3.66. The van der Waals surface area contributed by atoms with Crippen LogP contribution in [0.2, 0.25) is 5.02 Å². The molecule has 1 heterocycles. The summed E-state index contributed by atoms with van der Waals surface area (Å²) < 4.78 is 27.3. The molecule has 152 valence electrons. The van der Waals surface area contributed by atoms with Gasteiger partial charge < -0.3 is 9.88 Å². The number of anilines is 1. The second kappa shape index (κ2) is 8.67. The van der Waals surface area contributed by atoms with Gasteiger partial charge >= 0.3 is 0 Å². The van der Waals surface area contributed by atoms with Crippen LogP contribution < -0.4 is 9.62 Å². The zero-order valence-corrected chi connectivity index (χ0v) is 17.6. The first-order valence-electron chi connectivity index (χ1n) is 8.84. The number of aryl methyl sites for hydroxylation is 1. The van der Waals surface area contributed by atoms with Crippen molar-refractivity contribution >= 4 is 33.2 Å². The fraction of sp³-hybridized carbons (Fsp3) is 0.200. The number of carbonyl (C=O) groups excluding carboxylic acids is 1. The molecule has 1 amide bonds. The fourth-order valence-corrected chi connectivity index (χ4v) is 3.97. The van der Waals surface area contributed by atoms with E-state index in [0.29, 0.717) is 10.7 Å². The van der Waals surface area contributed by atoms with Gasteiger partial charge in [-0.15, -0.1) is 0 Å². The minimum Gasteiger partial charge on any atom is -0.350 e. The maximum Gasteiger partial charge on any atom is 0.241 e. The Labute approximate surface area is 175 Å². The molecule has 0 radical (unpaired) electrons. The standard InChI is InChI=1S/C20H21ClN4O3S/c1-15-22-10-11-24(15)19-9-4-3-6-16(19)13-23-20(26)14-25(29(2,27)28)18-8-5-7-17(21)12-18/h3-12H,13-14H2,1-2H3,(H,23,26). The Morgan fingerprint density at radius 2 is 1.97 bits per heavy atom. The second-order valence-corrected chi connectivity index (χ2v) is 8.84. The maximum atomic E-state index is 12.5. The average Bonchev–Trinajstić information content (AvgIpc) is 3.09. The lowest BCUT2D eigenvalue weighted by Crippen LogP contribution is -2.40. The van der Waals surface area contributed by atoms with Crippen LogP contribution in [0.25, 0.3) is 5.69 Å². The van der Waals surface area contributed by atoms with Crippen molar-refractivity contribution in [1.29, 1.82) is 0 Å². The molecular weight excluding hydrogens is 412 g/mol. The number of halogens is 1. The number of imidazole rings is 1. The molecule has 0 aliphatic carbocycles. The first-order chi connectivity index (χ1) is 13.8. The topological polar surface area (TPSA) is 84.3 Å². The minimum absolute atomic E-state index is 0.250. The lowest BCUT2D eigenvalue weighted by molar-refractivity contribution is -0.119. The van der Waals surface area contributed by atoms with Crippen molar-refractivity contribution < 1.29 is 13.2 Å². The Hall–Kier alpha value is -2.84. The number of nitrogens with one attached hydrogen (secondary N) is 1. The molecule has 3 aromatic rings. The van der Waals surface area contributed by atoms with Crippen molar-refractivity contribution in [2.24, 2.45) is 0 Å². The van der Waals surface area contributed by atoms with E-state index in [1.165, 1.54) is 6.07 Å². The lowest BCUT2D eigenvalue weighted by atomic mass is 10.1. The molecule has 0 saturated carbocycles. The summed E-state index contributed by atoms with van der Waals surface area (Å²) in [6.45, 7) is 1.80. The van der Waals surface area contributed by atoms with Crippen molar-refractivity contribution in [1.82, 2.24) is 14.9 Å². The number of hydrogen-bond donors (Lipinski definition) is 1. The van der Waals surface area contributed by atoms with Gasteiger partial charge in [-0.2, -0.15) is 0 Å². The Kier molecular flexibility index (Phi) is 6.24. The third-order valence-corrected chi connectivity index (χ3v) is 5.71. The molecule has 2 aromatic carbocycles. The molecule has 9 heteroatoms. The van der Waals surface area contributed by atoms with Gasteiger partial charge in [0.15, 0.2) is 0 Å². The smallest absolute Gasteiger partial charge is 0.241 e. The van der Waals surface area contributed by atoms with Gasteiger partial charge in [0.25, 0.3) is 0 Å². The summed E-state index contributed by atoms with van der Waals surface area (Å²) in [5, 5.41) is 3.19. The van der Waals surface area contributed by atoms with E-state index >= 15 is 0 Å². The monoisotopic (exact) mass is 432 g/mol. The molecule has 0 saturated heterocycles. The normalized spacial score (nSPS) is 11.3. The summed E-state index contributed by atoms with van der Waals surface area (Å²) in [6, 6.07) is 14.0. The third kappa shape index (κ3) is 5.16. The van der Waals surface area contributed by atoms with Crippen molar-refractivity contribution in [3.63, 3.8) is 0 Å². The largest absolute Gasteiger partial charge is 0.350 e. The molecule has 0 fully saturated rings. The van der Waals surface area contributed by atoms with E-state index in [1.807, 2.05) is 42.0 Å². The highest BCUT2D eigenvalue weighted by molar-refractivity contribution is 7.92. The van der Waals surface area contributed by atoms with E-state index < -0.39 is 15.9 Å². The highest BCUT2D eigenvalue weighted by atomic mass is 35.5. The number of nitrogens with zero attached hydrogens (tertiary/aromatic N) is 3. The van der Waals surface area contributed by atoms with Crippen LogP contribution in [0.3, 0.4) is 0 Å².